The maximum atomic E-state index is 12.1. The number of aromatic nitrogens is 3. The van der Waals surface area contributed by atoms with Gasteiger partial charge in [-0.15, -0.1) is 11.8 Å². The van der Waals surface area contributed by atoms with Crippen LogP contribution in [0.5, 0.6) is 5.75 Å². The number of hydrogen-bond donors (Lipinski definition) is 1. The Labute approximate surface area is 164 Å². The number of nitrogens with one attached hydrogen (secondary N) is 1. The average Bonchev–Trinajstić information content (AvgIpc) is 3.11. The van der Waals surface area contributed by atoms with E-state index in [1.807, 2.05) is 31.2 Å². The van der Waals surface area contributed by atoms with Crippen LogP contribution in [0.3, 0.4) is 0 Å². The topological polar surface area (TPSA) is 85.6 Å². The van der Waals surface area contributed by atoms with E-state index in [1.165, 1.54) is 33.7 Å². The Hall–Kier alpha value is -2.39. The first-order valence-electron chi connectivity index (χ1n) is 8.45. The SMILES string of the molecule is CCc1nn2c(=O)cc(CSCC(=O)NCc3ccc(OC)cc3)nc2s1. The predicted octanol–water partition coefficient (Wildman–Crippen LogP) is 2.27. The third-order valence-electron chi connectivity index (χ3n) is 3.77. The molecular formula is C18H20N4O3S2. The Morgan fingerprint density at radius 1 is 1.33 bits per heavy atom. The molecule has 0 aliphatic carbocycles. The molecule has 0 fully saturated rings. The molecule has 0 unspecified atom stereocenters. The third kappa shape index (κ3) is 5.08. The predicted molar refractivity (Wildman–Crippen MR) is 108 cm³/mol. The van der Waals surface area contributed by atoms with Crippen molar-refractivity contribution in [3.8, 4) is 5.75 Å². The molecule has 1 amide bonds. The van der Waals surface area contributed by atoms with E-state index in [0.717, 1.165) is 22.7 Å². The Bertz CT molecular complexity index is 982. The summed E-state index contributed by atoms with van der Waals surface area (Å²) in [5, 5.41) is 7.98. The highest BCUT2D eigenvalue weighted by molar-refractivity contribution is 7.99. The highest BCUT2D eigenvalue weighted by Crippen LogP contribution is 2.15. The molecule has 0 aliphatic heterocycles. The summed E-state index contributed by atoms with van der Waals surface area (Å²) in [5.41, 5.74) is 1.49. The van der Waals surface area contributed by atoms with Crippen molar-refractivity contribution in [3.63, 3.8) is 0 Å². The van der Waals surface area contributed by atoms with Crippen LogP contribution in [0.4, 0.5) is 0 Å². The molecule has 0 radical (unpaired) electrons. The lowest BCUT2D eigenvalue weighted by Gasteiger charge is -2.06. The molecule has 2 heterocycles. The lowest BCUT2D eigenvalue weighted by molar-refractivity contribution is -0.118. The first-order chi connectivity index (χ1) is 13.1. The van der Waals surface area contributed by atoms with E-state index in [1.54, 1.807) is 7.11 Å². The van der Waals surface area contributed by atoms with Crippen LogP contribution >= 0.6 is 23.1 Å². The molecule has 0 aliphatic rings. The fraction of sp³-hybridized carbons (Fsp3) is 0.333. The van der Waals surface area contributed by atoms with Crippen LogP contribution in [-0.4, -0.2) is 33.4 Å². The molecule has 1 aromatic carbocycles. The summed E-state index contributed by atoms with van der Waals surface area (Å²) in [6, 6.07) is 9.03. The molecule has 1 N–H and O–H groups in total. The Balaban J connectivity index is 1.49. The number of rotatable bonds is 8. The monoisotopic (exact) mass is 404 g/mol. The Kier molecular flexibility index (Phi) is 6.46. The molecule has 0 bridgehead atoms. The van der Waals surface area contributed by atoms with E-state index in [-0.39, 0.29) is 11.5 Å². The number of nitrogens with zero attached hydrogens (tertiary/aromatic N) is 3. The molecule has 0 saturated carbocycles. The first-order valence-corrected chi connectivity index (χ1v) is 10.4. The summed E-state index contributed by atoms with van der Waals surface area (Å²) in [6.45, 7) is 2.46. The number of aryl methyl sites for hydroxylation is 1. The summed E-state index contributed by atoms with van der Waals surface area (Å²) in [5.74, 6) is 1.54. The van der Waals surface area contributed by atoms with Gasteiger partial charge in [-0.25, -0.2) is 4.98 Å². The minimum Gasteiger partial charge on any atom is -0.497 e. The van der Waals surface area contributed by atoms with Gasteiger partial charge in [-0.1, -0.05) is 30.4 Å². The Morgan fingerprint density at radius 2 is 2.11 bits per heavy atom. The van der Waals surface area contributed by atoms with Crippen LogP contribution in [-0.2, 0) is 23.5 Å². The van der Waals surface area contributed by atoms with E-state index < -0.39 is 0 Å². The van der Waals surface area contributed by atoms with Gasteiger partial charge in [0.15, 0.2) is 0 Å². The van der Waals surface area contributed by atoms with Crippen LogP contribution in [0.25, 0.3) is 4.96 Å². The van der Waals surface area contributed by atoms with Crippen molar-refractivity contribution in [2.45, 2.75) is 25.6 Å². The molecule has 3 aromatic rings. The molecule has 0 atom stereocenters. The first kappa shape index (κ1) is 19.4. The summed E-state index contributed by atoms with van der Waals surface area (Å²) >= 11 is 2.84. The Morgan fingerprint density at radius 3 is 2.81 bits per heavy atom. The summed E-state index contributed by atoms with van der Waals surface area (Å²) in [4.78, 5) is 29.2. The quantitative estimate of drug-likeness (QED) is 0.620. The second kappa shape index (κ2) is 9.01. The number of carbonyl (C=O) groups is 1. The standard InChI is InChI=1S/C18H20N4O3S2/c1-3-16-21-22-17(24)8-13(20-18(22)27-16)10-26-11-15(23)19-9-12-4-6-14(25-2)7-5-12/h4-8H,3,9-11H2,1-2H3,(H,19,23). The molecule has 27 heavy (non-hydrogen) atoms. The summed E-state index contributed by atoms with van der Waals surface area (Å²) in [7, 11) is 1.62. The van der Waals surface area contributed by atoms with Gasteiger partial charge in [-0.2, -0.15) is 9.61 Å². The second-order valence-corrected chi connectivity index (χ2v) is 7.77. The zero-order valence-electron chi connectivity index (χ0n) is 15.1. The smallest absolute Gasteiger partial charge is 0.275 e. The number of benzene rings is 1. The van der Waals surface area contributed by atoms with E-state index in [2.05, 4.69) is 15.4 Å². The van der Waals surface area contributed by atoms with Gasteiger partial charge in [0.2, 0.25) is 10.9 Å². The summed E-state index contributed by atoms with van der Waals surface area (Å²) < 4.78 is 6.44. The van der Waals surface area contributed by atoms with Gasteiger partial charge in [0.25, 0.3) is 5.56 Å². The average molecular weight is 405 g/mol. The molecule has 9 heteroatoms. The van der Waals surface area contributed by atoms with Gasteiger partial charge in [-0.05, 0) is 24.1 Å². The van der Waals surface area contributed by atoms with E-state index in [0.29, 0.717) is 28.7 Å². The molecule has 0 spiro atoms. The number of amides is 1. The van der Waals surface area contributed by atoms with Gasteiger partial charge >= 0.3 is 0 Å². The summed E-state index contributed by atoms with van der Waals surface area (Å²) in [6.07, 6.45) is 0.770. The van der Waals surface area contributed by atoms with Gasteiger partial charge in [-0.3, -0.25) is 9.59 Å². The molecule has 142 valence electrons. The van der Waals surface area contributed by atoms with E-state index in [9.17, 15) is 9.59 Å². The zero-order chi connectivity index (χ0) is 19.2. The van der Waals surface area contributed by atoms with Crippen molar-refractivity contribution in [2.75, 3.05) is 12.9 Å². The second-order valence-electron chi connectivity index (χ2n) is 5.75. The van der Waals surface area contributed by atoms with E-state index >= 15 is 0 Å². The lowest BCUT2D eigenvalue weighted by atomic mass is 10.2. The molecule has 0 saturated heterocycles. The maximum Gasteiger partial charge on any atom is 0.275 e. The molecule has 7 nitrogen and oxygen atoms in total. The maximum absolute atomic E-state index is 12.1. The normalized spacial score (nSPS) is 10.9. The largest absolute Gasteiger partial charge is 0.497 e. The number of fused-ring (bicyclic) bond motifs is 1. The number of carbonyl (C=O) groups excluding carboxylic acids is 1. The fourth-order valence-electron chi connectivity index (χ4n) is 2.36. The van der Waals surface area contributed by atoms with Crippen molar-refractivity contribution < 1.29 is 9.53 Å². The van der Waals surface area contributed by atoms with Crippen LogP contribution in [0.2, 0.25) is 0 Å². The highest BCUT2D eigenvalue weighted by Gasteiger charge is 2.09. The minimum atomic E-state index is -0.185. The van der Waals surface area contributed by atoms with Gasteiger partial charge < -0.3 is 10.1 Å². The van der Waals surface area contributed by atoms with Gasteiger partial charge in [0.1, 0.15) is 10.8 Å². The molecule has 2 aromatic heterocycles. The third-order valence-corrected chi connectivity index (χ3v) is 5.79. The van der Waals surface area contributed by atoms with Crippen molar-refractivity contribution >= 4 is 34.0 Å². The van der Waals surface area contributed by atoms with Crippen molar-refractivity contribution in [1.82, 2.24) is 19.9 Å². The van der Waals surface area contributed by atoms with Crippen molar-refractivity contribution in [1.29, 1.82) is 0 Å². The van der Waals surface area contributed by atoms with Crippen molar-refractivity contribution in [2.24, 2.45) is 0 Å². The lowest BCUT2D eigenvalue weighted by Crippen LogP contribution is -2.24. The van der Waals surface area contributed by atoms with Crippen LogP contribution in [0.1, 0.15) is 23.2 Å². The number of hydrogen-bond acceptors (Lipinski definition) is 7. The molecular weight excluding hydrogens is 384 g/mol. The number of ether oxygens (including phenoxy) is 1. The highest BCUT2D eigenvalue weighted by atomic mass is 32.2. The van der Waals surface area contributed by atoms with E-state index in [4.69, 9.17) is 4.74 Å². The van der Waals surface area contributed by atoms with Gasteiger partial charge in [0, 0.05) is 18.4 Å². The van der Waals surface area contributed by atoms with Crippen LogP contribution in [0.15, 0.2) is 35.1 Å². The zero-order valence-corrected chi connectivity index (χ0v) is 16.7. The fourth-order valence-corrected chi connectivity index (χ4v) is 3.96. The minimum absolute atomic E-state index is 0.0559. The number of thioether (sulfide) groups is 1. The van der Waals surface area contributed by atoms with Gasteiger partial charge in [0.05, 0.1) is 18.6 Å². The number of methoxy groups -OCH3 is 1. The molecule has 3 rings (SSSR count). The van der Waals surface area contributed by atoms with Crippen molar-refractivity contribution in [3.05, 3.63) is 57.0 Å². The van der Waals surface area contributed by atoms with Crippen LogP contribution in [0, 0.1) is 0 Å². The van der Waals surface area contributed by atoms with Crippen LogP contribution < -0.4 is 15.6 Å².